The van der Waals surface area contributed by atoms with Crippen LogP contribution in [-0.4, -0.2) is 39.6 Å². The van der Waals surface area contributed by atoms with Gasteiger partial charge in [-0.1, -0.05) is 12.2 Å². The van der Waals surface area contributed by atoms with Crippen molar-refractivity contribution in [1.82, 2.24) is 5.32 Å². The van der Waals surface area contributed by atoms with Gasteiger partial charge in [-0.15, -0.1) is 0 Å². The maximum absolute atomic E-state index is 11.5. The summed E-state index contributed by atoms with van der Waals surface area (Å²) >= 11 is 0. The van der Waals surface area contributed by atoms with Gasteiger partial charge in [0, 0.05) is 0 Å². The number of nitrogens with one attached hydrogen (secondary N) is 1. The Kier molecular flexibility index (Phi) is 4.70. The summed E-state index contributed by atoms with van der Waals surface area (Å²) in [6, 6.07) is 3.17. The monoisotopic (exact) mass is 293 g/mol. The topological polar surface area (TPSA) is 66.0 Å². The molecule has 0 saturated carbocycles. The molecule has 2 rings (SSSR count). The van der Waals surface area contributed by atoms with Crippen LogP contribution in [0.15, 0.2) is 18.2 Å². The highest BCUT2D eigenvalue weighted by Gasteiger charge is 2.28. The van der Waals surface area contributed by atoms with Gasteiger partial charge in [-0.2, -0.15) is 0 Å². The van der Waals surface area contributed by atoms with Gasteiger partial charge in [-0.05, 0) is 24.6 Å². The van der Waals surface area contributed by atoms with E-state index in [9.17, 15) is 4.79 Å². The Morgan fingerprint density at radius 1 is 1.14 bits per heavy atom. The Morgan fingerprint density at radius 3 is 2.19 bits per heavy atom. The Morgan fingerprint density at radius 2 is 1.76 bits per heavy atom. The average molecular weight is 293 g/mol. The number of cyclic esters (lactones) is 1. The van der Waals surface area contributed by atoms with Crippen molar-refractivity contribution in [2.75, 3.05) is 21.3 Å². The third-order valence-electron chi connectivity index (χ3n) is 3.13. The summed E-state index contributed by atoms with van der Waals surface area (Å²) in [7, 11) is 4.67. The molecule has 21 heavy (non-hydrogen) atoms. The Balaban J connectivity index is 2.26. The maximum atomic E-state index is 11.5. The van der Waals surface area contributed by atoms with Crippen molar-refractivity contribution in [2.24, 2.45) is 0 Å². The maximum Gasteiger partial charge on any atom is 0.328 e. The van der Waals surface area contributed by atoms with E-state index in [4.69, 9.17) is 18.9 Å². The molecule has 114 valence electrons. The molecule has 0 aliphatic carbocycles. The number of hydrogen-bond acceptors (Lipinski definition) is 6. The molecule has 1 aromatic carbocycles. The fourth-order valence-electron chi connectivity index (χ4n) is 2.14. The molecular weight excluding hydrogens is 274 g/mol. The lowest BCUT2D eigenvalue weighted by atomic mass is 10.1. The van der Waals surface area contributed by atoms with Gasteiger partial charge in [0.15, 0.2) is 17.7 Å². The smallest absolute Gasteiger partial charge is 0.328 e. The number of carbonyl (C=O) groups is 1. The van der Waals surface area contributed by atoms with Gasteiger partial charge in [-0.25, -0.2) is 4.79 Å². The molecule has 1 aromatic rings. The molecule has 1 saturated heterocycles. The first kappa shape index (κ1) is 15.2. The minimum absolute atomic E-state index is 0.271. The molecule has 6 heteroatoms. The van der Waals surface area contributed by atoms with Gasteiger partial charge in [0.25, 0.3) is 0 Å². The average Bonchev–Trinajstić information content (AvgIpc) is 2.81. The Labute approximate surface area is 123 Å². The number of carbonyl (C=O) groups excluding carboxylic acids is 1. The lowest BCUT2D eigenvalue weighted by Crippen LogP contribution is -2.27. The molecule has 1 aliphatic heterocycles. The first-order valence-corrected chi connectivity index (χ1v) is 6.53. The molecule has 2 atom stereocenters. The van der Waals surface area contributed by atoms with E-state index in [0.717, 1.165) is 5.56 Å². The first-order chi connectivity index (χ1) is 10.1. The van der Waals surface area contributed by atoms with Crippen LogP contribution in [0.25, 0.3) is 6.08 Å². The van der Waals surface area contributed by atoms with E-state index in [1.807, 2.05) is 12.1 Å². The quantitative estimate of drug-likeness (QED) is 0.832. The molecule has 1 aliphatic rings. The van der Waals surface area contributed by atoms with E-state index in [1.54, 1.807) is 40.4 Å². The normalized spacial score (nSPS) is 21.4. The van der Waals surface area contributed by atoms with Crippen molar-refractivity contribution in [1.29, 1.82) is 0 Å². The molecule has 1 heterocycles. The van der Waals surface area contributed by atoms with Crippen LogP contribution in [0, 0.1) is 0 Å². The van der Waals surface area contributed by atoms with Crippen LogP contribution >= 0.6 is 0 Å². The fraction of sp³-hybridized carbons (Fsp3) is 0.400. The fourth-order valence-corrected chi connectivity index (χ4v) is 2.14. The molecule has 0 amide bonds. The zero-order valence-electron chi connectivity index (χ0n) is 12.5. The number of methoxy groups -OCH3 is 3. The van der Waals surface area contributed by atoms with E-state index in [2.05, 4.69) is 5.32 Å². The molecule has 0 bridgehead atoms. The van der Waals surface area contributed by atoms with E-state index < -0.39 is 6.04 Å². The Bertz CT molecular complexity index is 530. The molecule has 0 aromatic heterocycles. The third kappa shape index (κ3) is 3.28. The van der Waals surface area contributed by atoms with E-state index >= 15 is 0 Å². The van der Waals surface area contributed by atoms with Crippen LogP contribution in [0.1, 0.15) is 12.5 Å². The Hall–Kier alpha value is -2.21. The summed E-state index contributed by atoms with van der Waals surface area (Å²) in [5.41, 5.74) is 0.832. The molecule has 1 fully saturated rings. The van der Waals surface area contributed by atoms with Crippen LogP contribution in [0.3, 0.4) is 0 Å². The summed E-state index contributed by atoms with van der Waals surface area (Å²) in [4.78, 5) is 11.5. The van der Waals surface area contributed by atoms with Gasteiger partial charge in [0.2, 0.25) is 5.75 Å². The van der Waals surface area contributed by atoms with Crippen molar-refractivity contribution in [2.45, 2.75) is 19.2 Å². The summed E-state index contributed by atoms with van der Waals surface area (Å²) in [5, 5.41) is 3.01. The molecule has 1 N–H and O–H groups in total. The van der Waals surface area contributed by atoms with E-state index in [0.29, 0.717) is 17.2 Å². The lowest BCUT2D eigenvalue weighted by Gasteiger charge is -2.13. The van der Waals surface area contributed by atoms with Crippen molar-refractivity contribution < 1.29 is 23.7 Å². The highest BCUT2D eigenvalue weighted by atomic mass is 16.6. The van der Waals surface area contributed by atoms with Gasteiger partial charge < -0.3 is 18.9 Å². The first-order valence-electron chi connectivity index (χ1n) is 6.53. The SMILES string of the molecule is COc1cc(C=CC2NC(C)OC2=O)cc(OC)c1OC. The lowest BCUT2D eigenvalue weighted by molar-refractivity contribution is -0.141. The molecule has 6 nitrogen and oxygen atoms in total. The zero-order chi connectivity index (χ0) is 15.4. The zero-order valence-corrected chi connectivity index (χ0v) is 12.5. The number of ether oxygens (including phenoxy) is 4. The summed E-state index contributed by atoms with van der Waals surface area (Å²) in [6.45, 7) is 1.78. The highest BCUT2D eigenvalue weighted by Crippen LogP contribution is 2.38. The summed E-state index contributed by atoms with van der Waals surface area (Å²) < 4.78 is 20.8. The minimum Gasteiger partial charge on any atom is -0.493 e. The van der Waals surface area contributed by atoms with Gasteiger partial charge in [0.1, 0.15) is 6.04 Å². The van der Waals surface area contributed by atoms with Crippen molar-refractivity contribution >= 4 is 12.0 Å². The number of hydrogen-bond donors (Lipinski definition) is 1. The molecule has 0 spiro atoms. The van der Waals surface area contributed by atoms with Gasteiger partial charge in [-0.3, -0.25) is 5.32 Å². The second-order valence-electron chi connectivity index (χ2n) is 4.54. The number of rotatable bonds is 5. The van der Waals surface area contributed by atoms with Crippen LogP contribution < -0.4 is 19.5 Å². The van der Waals surface area contributed by atoms with E-state index in [1.165, 1.54) is 0 Å². The summed E-state index contributed by atoms with van der Waals surface area (Å²) in [6.07, 6.45) is 3.28. The third-order valence-corrected chi connectivity index (χ3v) is 3.13. The molecular formula is C15H19NO5. The van der Waals surface area contributed by atoms with Crippen LogP contribution in [0.4, 0.5) is 0 Å². The second-order valence-corrected chi connectivity index (χ2v) is 4.54. The molecule has 0 radical (unpaired) electrons. The summed E-state index contributed by atoms with van der Waals surface area (Å²) in [5.74, 6) is 1.37. The van der Waals surface area contributed by atoms with Crippen LogP contribution in [0.5, 0.6) is 17.2 Å². The largest absolute Gasteiger partial charge is 0.493 e. The van der Waals surface area contributed by atoms with Crippen LogP contribution in [-0.2, 0) is 9.53 Å². The van der Waals surface area contributed by atoms with Crippen molar-refractivity contribution in [3.8, 4) is 17.2 Å². The number of esters is 1. The predicted octanol–water partition coefficient (Wildman–Crippen LogP) is 1.59. The second kappa shape index (κ2) is 6.49. The van der Waals surface area contributed by atoms with E-state index in [-0.39, 0.29) is 12.2 Å². The standard InChI is InChI=1S/C15H19NO5/c1-9-16-11(15(17)21-9)6-5-10-7-12(18-2)14(20-4)13(8-10)19-3/h5-9,11,16H,1-4H3. The van der Waals surface area contributed by atoms with Gasteiger partial charge in [0.05, 0.1) is 21.3 Å². The van der Waals surface area contributed by atoms with Crippen LogP contribution in [0.2, 0.25) is 0 Å². The number of benzene rings is 1. The highest BCUT2D eigenvalue weighted by molar-refractivity contribution is 5.81. The predicted molar refractivity (Wildman–Crippen MR) is 77.6 cm³/mol. The van der Waals surface area contributed by atoms with Crippen molar-refractivity contribution in [3.63, 3.8) is 0 Å². The minimum atomic E-state index is -0.445. The van der Waals surface area contributed by atoms with Gasteiger partial charge >= 0.3 is 5.97 Å². The van der Waals surface area contributed by atoms with Crippen molar-refractivity contribution in [3.05, 3.63) is 23.8 Å². The molecule has 2 unspecified atom stereocenters.